The van der Waals surface area contributed by atoms with Crippen molar-refractivity contribution >= 4 is 5.97 Å². The molecule has 0 amide bonds. The topological polar surface area (TPSA) is 40.5 Å². The molecule has 0 bridgehead atoms. The van der Waals surface area contributed by atoms with E-state index in [9.17, 15) is 4.79 Å². The second-order valence-corrected chi connectivity index (χ2v) is 4.05. The summed E-state index contributed by atoms with van der Waals surface area (Å²) in [5.41, 5.74) is 0. The monoisotopic (exact) mass is 181 g/mol. The number of aliphatic carboxylic acids is 1. The number of rotatable bonds is 2. The third kappa shape index (κ3) is 1.91. The van der Waals surface area contributed by atoms with Crippen molar-refractivity contribution < 1.29 is 9.90 Å². The molecular weight excluding hydrogens is 166 g/mol. The summed E-state index contributed by atoms with van der Waals surface area (Å²) < 4.78 is 0. The first-order chi connectivity index (χ1) is 6.25. The van der Waals surface area contributed by atoms with Crippen molar-refractivity contribution in [3.05, 3.63) is 12.2 Å². The molecular formula is C10H15NO2. The average Bonchev–Trinajstić information content (AvgIpc) is 2.44. The number of carboxylic acid groups (broad SMARTS) is 1. The third-order valence-corrected chi connectivity index (χ3v) is 3.06. The Morgan fingerprint density at radius 3 is 2.31 bits per heavy atom. The molecule has 0 radical (unpaired) electrons. The van der Waals surface area contributed by atoms with Crippen LogP contribution in [0, 0.1) is 11.8 Å². The highest BCUT2D eigenvalue weighted by atomic mass is 16.4. The molecule has 1 heterocycles. The van der Waals surface area contributed by atoms with Crippen LogP contribution >= 0.6 is 0 Å². The van der Waals surface area contributed by atoms with Crippen LogP contribution in [0.5, 0.6) is 0 Å². The third-order valence-electron chi connectivity index (χ3n) is 3.06. The first kappa shape index (κ1) is 8.75. The lowest BCUT2D eigenvalue weighted by atomic mass is 9.86. The normalized spacial score (nSPS) is 33.2. The fourth-order valence-corrected chi connectivity index (χ4v) is 2.43. The van der Waals surface area contributed by atoms with Gasteiger partial charge in [-0.25, -0.2) is 0 Å². The Morgan fingerprint density at radius 2 is 1.85 bits per heavy atom. The van der Waals surface area contributed by atoms with Gasteiger partial charge in [-0.05, 0) is 24.7 Å². The Bertz CT molecular complexity index is 221. The van der Waals surface area contributed by atoms with Crippen molar-refractivity contribution in [1.82, 2.24) is 4.90 Å². The Balaban J connectivity index is 1.90. The fraction of sp³-hybridized carbons (Fsp3) is 0.700. The zero-order chi connectivity index (χ0) is 9.26. The van der Waals surface area contributed by atoms with Gasteiger partial charge in [0.05, 0.1) is 6.54 Å². The number of hydrogen-bond acceptors (Lipinski definition) is 2. The summed E-state index contributed by atoms with van der Waals surface area (Å²) in [6, 6.07) is 0. The molecule has 1 saturated heterocycles. The second kappa shape index (κ2) is 3.50. The van der Waals surface area contributed by atoms with Crippen molar-refractivity contribution in [3.8, 4) is 0 Å². The molecule has 2 rings (SSSR count). The molecule has 3 heteroatoms. The van der Waals surface area contributed by atoms with Gasteiger partial charge < -0.3 is 5.11 Å². The molecule has 13 heavy (non-hydrogen) atoms. The summed E-state index contributed by atoms with van der Waals surface area (Å²) in [6.07, 6.45) is 6.73. The van der Waals surface area contributed by atoms with Gasteiger partial charge in [0, 0.05) is 13.1 Å². The van der Waals surface area contributed by atoms with Crippen molar-refractivity contribution in [3.63, 3.8) is 0 Å². The summed E-state index contributed by atoms with van der Waals surface area (Å²) in [4.78, 5) is 12.6. The molecule has 1 N–H and O–H groups in total. The van der Waals surface area contributed by atoms with E-state index in [1.165, 1.54) is 0 Å². The number of fused-ring (bicyclic) bond motifs is 1. The number of hydrogen-bond donors (Lipinski definition) is 1. The van der Waals surface area contributed by atoms with Gasteiger partial charge in [0.15, 0.2) is 0 Å². The van der Waals surface area contributed by atoms with E-state index >= 15 is 0 Å². The van der Waals surface area contributed by atoms with E-state index in [2.05, 4.69) is 17.1 Å². The zero-order valence-electron chi connectivity index (χ0n) is 7.65. The molecule has 0 aromatic carbocycles. The lowest BCUT2D eigenvalue weighted by Gasteiger charge is -2.18. The van der Waals surface area contributed by atoms with E-state index in [-0.39, 0.29) is 6.54 Å². The molecule has 0 aromatic heterocycles. The molecule has 2 atom stereocenters. The van der Waals surface area contributed by atoms with E-state index in [1.807, 2.05) is 0 Å². The molecule has 0 unspecified atom stereocenters. The van der Waals surface area contributed by atoms with E-state index in [0.29, 0.717) is 11.8 Å². The van der Waals surface area contributed by atoms with Crippen molar-refractivity contribution in [2.75, 3.05) is 19.6 Å². The average molecular weight is 181 g/mol. The lowest BCUT2D eigenvalue weighted by Crippen LogP contribution is -2.27. The Hall–Kier alpha value is -0.830. The molecule has 1 fully saturated rings. The minimum atomic E-state index is -0.702. The minimum Gasteiger partial charge on any atom is -0.480 e. The summed E-state index contributed by atoms with van der Waals surface area (Å²) >= 11 is 0. The van der Waals surface area contributed by atoms with Crippen LogP contribution in [0.15, 0.2) is 12.2 Å². The van der Waals surface area contributed by atoms with Gasteiger partial charge in [0.2, 0.25) is 0 Å². The number of carbonyl (C=O) groups is 1. The van der Waals surface area contributed by atoms with Gasteiger partial charge in [0.1, 0.15) is 0 Å². The zero-order valence-corrected chi connectivity index (χ0v) is 7.65. The van der Waals surface area contributed by atoms with Crippen molar-refractivity contribution in [1.29, 1.82) is 0 Å². The van der Waals surface area contributed by atoms with Gasteiger partial charge in [-0.1, -0.05) is 12.2 Å². The van der Waals surface area contributed by atoms with E-state index in [0.717, 1.165) is 25.9 Å². The predicted octanol–water partition coefficient (Wildman–Crippen LogP) is 0.969. The first-order valence-corrected chi connectivity index (χ1v) is 4.85. The Labute approximate surface area is 78.0 Å². The van der Waals surface area contributed by atoms with E-state index in [4.69, 9.17) is 5.11 Å². The van der Waals surface area contributed by atoms with Crippen LogP contribution in [-0.2, 0) is 4.79 Å². The van der Waals surface area contributed by atoms with Crippen LogP contribution in [-0.4, -0.2) is 35.6 Å². The van der Waals surface area contributed by atoms with Crippen molar-refractivity contribution in [2.45, 2.75) is 12.8 Å². The van der Waals surface area contributed by atoms with Crippen LogP contribution in [0.1, 0.15) is 12.8 Å². The highest BCUT2D eigenvalue weighted by molar-refractivity contribution is 5.69. The van der Waals surface area contributed by atoms with Crippen LogP contribution in [0.2, 0.25) is 0 Å². The summed E-state index contributed by atoms with van der Waals surface area (Å²) in [6.45, 7) is 2.16. The predicted molar refractivity (Wildman–Crippen MR) is 49.4 cm³/mol. The molecule has 3 nitrogen and oxygen atoms in total. The maximum atomic E-state index is 10.5. The fourth-order valence-electron chi connectivity index (χ4n) is 2.43. The molecule has 72 valence electrons. The highest BCUT2D eigenvalue weighted by Gasteiger charge is 2.33. The van der Waals surface area contributed by atoms with Crippen LogP contribution < -0.4 is 0 Å². The quantitative estimate of drug-likeness (QED) is 0.645. The number of carboxylic acids is 1. The summed E-state index contributed by atoms with van der Waals surface area (Å²) in [5, 5.41) is 8.65. The maximum absolute atomic E-state index is 10.5. The van der Waals surface area contributed by atoms with Crippen LogP contribution in [0.4, 0.5) is 0 Å². The van der Waals surface area contributed by atoms with E-state index in [1.54, 1.807) is 0 Å². The lowest BCUT2D eigenvalue weighted by molar-refractivity contribution is -0.138. The van der Waals surface area contributed by atoms with Gasteiger partial charge in [-0.3, -0.25) is 9.69 Å². The first-order valence-electron chi connectivity index (χ1n) is 4.85. The Morgan fingerprint density at radius 1 is 1.31 bits per heavy atom. The molecule has 0 spiro atoms. The van der Waals surface area contributed by atoms with Crippen LogP contribution in [0.3, 0.4) is 0 Å². The summed E-state index contributed by atoms with van der Waals surface area (Å²) in [7, 11) is 0. The minimum absolute atomic E-state index is 0.215. The molecule has 1 aliphatic heterocycles. The highest BCUT2D eigenvalue weighted by Crippen LogP contribution is 2.32. The molecule has 1 aliphatic carbocycles. The summed E-state index contributed by atoms with van der Waals surface area (Å²) in [5.74, 6) is 0.723. The van der Waals surface area contributed by atoms with Gasteiger partial charge >= 0.3 is 5.97 Å². The molecule has 0 aromatic rings. The maximum Gasteiger partial charge on any atom is 0.317 e. The molecule has 2 aliphatic rings. The largest absolute Gasteiger partial charge is 0.480 e. The number of nitrogens with zero attached hydrogens (tertiary/aromatic N) is 1. The van der Waals surface area contributed by atoms with Gasteiger partial charge in [-0.2, -0.15) is 0 Å². The number of likely N-dealkylation sites (tertiary alicyclic amines) is 1. The smallest absolute Gasteiger partial charge is 0.317 e. The van der Waals surface area contributed by atoms with Gasteiger partial charge in [0.25, 0.3) is 0 Å². The van der Waals surface area contributed by atoms with E-state index < -0.39 is 5.97 Å². The van der Waals surface area contributed by atoms with Crippen LogP contribution in [0.25, 0.3) is 0 Å². The van der Waals surface area contributed by atoms with Crippen molar-refractivity contribution in [2.24, 2.45) is 11.8 Å². The number of allylic oxidation sites excluding steroid dienone is 2. The SMILES string of the molecule is O=C(O)CN1C[C@H]2CC=CC[C@H]2C1. The molecule has 0 saturated carbocycles. The standard InChI is InChI=1S/C10H15NO2/c12-10(13)7-11-5-8-3-1-2-4-9(8)6-11/h1-2,8-9H,3-7H2,(H,12,13)/t8-,9+. The second-order valence-electron chi connectivity index (χ2n) is 4.05. The van der Waals surface area contributed by atoms with Gasteiger partial charge in [-0.15, -0.1) is 0 Å². The Kier molecular flexibility index (Phi) is 2.36.